The topological polar surface area (TPSA) is 21.6 Å². The smallest absolute Gasteiger partial charge is 0.102 e. The minimum absolute atomic E-state index is 0.0632. The molecule has 3 heteroatoms. The fourth-order valence-corrected chi connectivity index (χ4v) is 1.46. The summed E-state index contributed by atoms with van der Waals surface area (Å²) in [5.41, 5.74) is 1.18. The zero-order chi connectivity index (χ0) is 11.1. The first-order chi connectivity index (χ1) is 7.27. The van der Waals surface area contributed by atoms with Crippen LogP contribution < -0.4 is 0 Å². The van der Waals surface area contributed by atoms with Gasteiger partial charge in [0.1, 0.15) is 6.10 Å². The third kappa shape index (κ3) is 4.06. The van der Waals surface area contributed by atoms with Gasteiger partial charge < -0.3 is 4.74 Å². The Bertz CT molecular complexity index is 311. The van der Waals surface area contributed by atoms with E-state index in [9.17, 15) is 0 Å². The predicted molar refractivity (Wildman–Crippen MR) is 67.7 cm³/mol. The fraction of sp³-hybridized carbons (Fsp3) is 0.417. The summed E-state index contributed by atoms with van der Waals surface area (Å²) in [6, 6.07) is 10.2. The summed E-state index contributed by atoms with van der Waals surface area (Å²) in [7, 11) is 1.72. The minimum Gasteiger partial charge on any atom is -0.375 e. The average Bonchev–Trinajstić information content (AvgIpc) is 2.31. The summed E-state index contributed by atoms with van der Waals surface area (Å²) >= 11 is 1.67. The number of hydrogen-bond acceptors (Lipinski definition) is 3. The summed E-state index contributed by atoms with van der Waals surface area (Å²) in [4.78, 5) is 4.44. The maximum atomic E-state index is 5.41. The normalized spacial score (nSPS) is 13.9. The lowest BCUT2D eigenvalue weighted by Gasteiger charge is -2.13. The molecule has 0 saturated carbocycles. The summed E-state index contributed by atoms with van der Waals surface area (Å²) in [6.07, 6.45) is 2.09. The van der Waals surface area contributed by atoms with Crippen molar-refractivity contribution < 1.29 is 4.74 Å². The lowest BCUT2D eigenvalue weighted by molar-refractivity contribution is 0.111. The van der Waals surface area contributed by atoms with Gasteiger partial charge >= 0.3 is 0 Å². The Morgan fingerprint density at radius 1 is 1.40 bits per heavy atom. The van der Waals surface area contributed by atoms with Gasteiger partial charge in [-0.15, -0.1) is 11.8 Å². The van der Waals surface area contributed by atoms with Crippen LogP contribution >= 0.6 is 11.8 Å². The van der Waals surface area contributed by atoms with Gasteiger partial charge in [0.05, 0.1) is 11.6 Å². The van der Waals surface area contributed by atoms with Crippen LogP contribution in [0.15, 0.2) is 35.3 Å². The quantitative estimate of drug-likeness (QED) is 0.577. The van der Waals surface area contributed by atoms with Crippen LogP contribution in [0.5, 0.6) is 0 Å². The summed E-state index contributed by atoms with van der Waals surface area (Å²) in [5.74, 6) is 0. The molecule has 1 aromatic rings. The number of thioether (sulfide) groups is 1. The maximum Gasteiger partial charge on any atom is 0.102 e. The van der Waals surface area contributed by atoms with Crippen molar-refractivity contribution in [2.75, 3.05) is 19.9 Å². The number of hydrogen-bond donors (Lipinski definition) is 0. The molecule has 0 saturated heterocycles. The molecule has 1 unspecified atom stereocenters. The third-order valence-electron chi connectivity index (χ3n) is 2.23. The van der Waals surface area contributed by atoms with E-state index in [1.54, 1.807) is 18.9 Å². The Kier molecular flexibility index (Phi) is 5.43. The second-order valence-corrected chi connectivity index (χ2v) is 4.20. The molecule has 1 rings (SSSR count). The molecule has 1 aromatic carbocycles. The molecule has 0 N–H and O–H groups in total. The van der Waals surface area contributed by atoms with E-state index in [4.69, 9.17) is 4.74 Å². The standard InChI is InChI=1S/C12H17NOS/c1-10(15-3)13-9-12(14-2)11-7-5-4-6-8-11/h4-8,12H,9H2,1-3H3. The molecule has 0 aromatic heterocycles. The van der Waals surface area contributed by atoms with Gasteiger partial charge in [-0.25, -0.2) is 0 Å². The van der Waals surface area contributed by atoms with Gasteiger partial charge in [0, 0.05) is 7.11 Å². The summed E-state index contributed by atoms with van der Waals surface area (Å²) in [6.45, 7) is 2.70. The number of rotatable bonds is 4. The lowest BCUT2D eigenvalue weighted by atomic mass is 10.1. The fourth-order valence-electron chi connectivity index (χ4n) is 1.26. The van der Waals surface area contributed by atoms with Crippen molar-refractivity contribution in [2.24, 2.45) is 4.99 Å². The first-order valence-electron chi connectivity index (χ1n) is 4.90. The number of benzene rings is 1. The van der Waals surface area contributed by atoms with Gasteiger partial charge in [-0.05, 0) is 18.7 Å². The van der Waals surface area contributed by atoms with E-state index in [2.05, 4.69) is 17.1 Å². The van der Waals surface area contributed by atoms with Gasteiger partial charge in [-0.2, -0.15) is 0 Å². The van der Waals surface area contributed by atoms with Crippen molar-refractivity contribution >= 4 is 16.8 Å². The van der Waals surface area contributed by atoms with Crippen LogP contribution in [0, 0.1) is 0 Å². The largest absolute Gasteiger partial charge is 0.375 e. The molecule has 0 radical (unpaired) electrons. The molecule has 0 heterocycles. The molecular formula is C12H17NOS. The molecule has 15 heavy (non-hydrogen) atoms. The highest BCUT2D eigenvalue weighted by atomic mass is 32.2. The highest BCUT2D eigenvalue weighted by Gasteiger charge is 2.08. The molecule has 0 spiro atoms. The van der Waals surface area contributed by atoms with E-state index in [1.807, 2.05) is 31.4 Å². The van der Waals surface area contributed by atoms with Crippen molar-refractivity contribution in [3.63, 3.8) is 0 Å². The van der Waals surface area contributed by atoms with Crippen LogP contribution in [0.25, 0.3) is 0 Å². The molecule has 0 aliphatic heterocycles. The minimum atomic E-state index is 0.0632. The number of methoxy groups -OCH3 is 1. The molecule has 0 bridgehead atoms. The predicted octanol–water partition coefficient (Wildman–Crippen LogP) is 3.16. The van der Waals surface area contributed by atoms with Gasteiger partial charge in [-0.3, -0.25) is 4.99 Å². The van der Waals surface area contributed by atoms with E-state index in [1.165, 1.54) is 5.56 Å². The average molecular weight is 223 g/mol. The Hall–Kier alpha value is -0.800. The van der Waals surface area contributed by atoms with Crippen molar-refractivity contribution in [1.82, 2.24) is 0 Å². The monoisotopic (exact) mass is 223 g/mol. The van der Waals surface area contributed by atoms with E-state index < -0.39 is 0 Å². The number of nitrogens with zero attached hydrogens (tertiary/aromatic N) is 1. The van der Waals surface area contributed by atoms with Crippen LogP contribution in [-0.4, -0.2) is 25.0 Å². The Morgan fingerprint density at radius 3 is 2.60 bits per heavy atom. The second-order valence-electron chi connectivity index (χ2n) is 3.20. The van der Waals surface area contributed by atoms with Crippen molar-refractivity contribution in [3.8, 4) is 0 Å². The van der Waals surface area contributed by atoms with E-state index in [-0.39, 0.29) is 6.10 Å². The molecule has 0 amide bonds. The molecule has 0 fully saturated rings. The third-order valence-corrected chi connectivity index (χ3v) is 2.95. The van der Waals surface area contributed by atoms with Crippen molar-refractivity contribution in [1.29, 1.82) is 0 Å². The summed E-state index contributed by atoms with van der Waals surface area (Å²) in [5, 5.41) is 1.09. The zero-order valence-corrected chi connectivity index (χ0v) is 10.3. The van der Waals surface area contributed by atoms with E-state index in [0.717, 1.165) is 5.04 Å². The van der Waals surface area contributed by atoms with E-state index in [0.29, 0.717) is 6.54 Å². The highest BCUT2D eigenvalue weighted by molar-refractivity contribution is 8.13. The van der Waals surface area contributed by atoms with Crippen molar-refractivity contribution in [3.05, 3.63) is 35.9 Å². The first kappa shape index (κ1) is 12.3. The van der Waals surface area contributed by atoms with Gasteiger partial charge in [0.25, 0.3) is 0 Å². The second kappa shape index (κ2) is 6.64. The molecular weight excluding hydrogens is 206 g/mol. The van der Waals surface area contributed by atoms with Crippen molar-refractivity contribution in [2.45, 2.75) is 13.0 Å². The zero-order valence-electron chi connectivity index (χ0n) is 9.43. The van der Waals surface area contributed by atoms with Crippen LogP contribution in [0.4, 0.5) is 0 Å². The van der Waals surface area contributed by atoms with Crippen LogP contribution in [0.2, 0.25) is 0 Å². The molecule has 0 aliphatic rings. The van der Waals surface area contributed by atoms with Crippen LogP contribution in [0.1, 0.15) is 18.6 Å². The van der Waals surface area contributed by atoms with Gasteiger partial charge in [-0.1, -0.05) is 30.3 Å². The van der Waals surface area contributed by atoms with Gasteiger partial charge in [0.2, 0.25) is 0 Å². The maximum absolute atomic E-state index is 5.41. The molecule has 0 aliphatic carbocycles. The first-order valence-corrected chi connectivity index (χ1v) is 6.13. The Labute approximate surface area is 95.8 Å². The Morgan fingerprint density at radius 2 is 2.07 bits per heavy atom. The molecule has 1 atom stereocenters. The number of aliphatic imine (C=N–C) groups is 1. The van der Waals surface area contributed by atoms with E-state index >= 15 is 0 Å². The SMILES string of the molecule is COC(CN=C(C)SC)c1ccccc1. The van der Waals surface area contributed by atoms with Gasteiger partial charge in [0.15, 0.2) is 0 Å². The highest BCUT2D eigenvalue weighted by Crippen LogP contribution is 2.16. The Balaban J connectivity index is 2.65. The van der Waals surface area contributed by atoms with Crippen LogP contribution in [0.3, 0.4) is 0 Å². The summed E-state index contributed by atoms with van der Waals surface area (Å²) < 4.78 is 5.41. The number of ether oxygens (including phenoxy) is 1. The molecule has 2 nitrogen and oxygen atoms in total. The molecule has 82 valence electrons. The lowest BCUT2D eigenvalue weighted by Crippen LogP contribution is -2.06. The van der Waals surface area contributed by atoms with Crippen LogP contribution in [-0.2, 0) is 4.74 Å².